The normalized spacial score (nSPS) is 10.2. The van der Waals surface area contributed by atoms with Gasteiger partial charge >= 0.3 is 5.97 Å². The number of amides is 1. The quantitative estimate of drug-likeness (QED) is 0.688. The first-order chi connectivity index (χ1) is 11.6. The summed E-state index contributed by atoms with van der Waals surface area (Å²) in [6.45, 7) is 0.376. The van der Waals surface area contributed by atoms with E-state index in [9.17, 15) is 9.59 Å². The third-order valence-electron chi connectivity index (χ3n) is 3.46. The first-order valence-electron chi connectivity index (χ1n) is 7.94. The minimum absolute atomic E-state index is 0.0881. The smallest absolute Gasteiger partial charge is 0.303 e. The Hall–Kier alpha value is -2.82. The minimum atomic E-state index is -0.831. The Kier molecular flexibility index (Phi) is 6.83. The van der Waals surface area contributed by atoms with Crippen LogP contribution in [0.15, 0.2) is 54.6 Å². The Morgan fingerprint density at radius 2 is 1.58 bits per heavy atom. The van der Waals surface area contributed by atoms with E-state index < -0.39 is 5.97 Å². The second-order valence-electron chi connectivity index (χ2n) is 5.40. The molecule has 0 aliphatic carbocycles. The van der Waals surface area contributed by atoms with E-state index in [0.717, 1.165) is 11.3 Å². The average molecular weight is 327 g/mol. The molecule has 0 aliphatic heterocycles. The second-order valence-corrected chi connectivity index (χ2v) is 5.40. The summed E-state index contributed by atoms with van der Waals surface area (Å²) < 4.78 is 5.85. The third kappa shape index (κ3) is 6.12. The molecule has 0 fully saturated rings. The van der Waals surface area contributed by atoms with Crippen LogP contribution >= 0.6 is 0 Å². The molecule has 2 aromatic carbocycles. The van der Waals surface area contributed by atoms with E-state index in [1.807, 2.05) is 54.6 Å². The van der Waals surface area contributed by atoms with E-state index in [-0.39, 0.29) is 12.3 Å². The Bertz CT molecular complexity index is 670. The number of benzene rings is 2. The molecular formula is C19H21NO4. The first-order valence-corrected chi connectivity index (χ1v) is 7.94. The molecule has 5 nitrogen and oxygen atoms in total. The molecule has 0 spiro atoms. The number of para-hydroxylation sites is 2. The van der Waals surface area contributed by atoms with Gasteiger partial charge < -0.3 is 15.2 Å². The zero-order chi connectivity index (χ0) is 17.2. The van der Waals surface area contributed by atoms with E-state index in [4.69, 9.17) is 9.84 Å². The van der Waals surface area contributed by atoms with Crippen molar-refractivity contribution in [2.45, 2.75) is 32.2 Å². The lowest BCUT2D eigenvalue weighted by molar-refractivity contribution is -0.137. The number of rotatable bonds is 9. The molecule has 0 radical (unpaired) electrons. The van der Waals surface area contributed by atoms with Crippen LogP contribution in [0.4, 0.5) is 0 Å². The number of carboxylic acid groups (broad SMARTS) is 1. The number of aliphatic carboxylic acids is 1. The maximum atomic E-state index is 11.8. The average Bonchev–Trinajstić information content (AvgIpc) is 2.59. The van der Waals surface area contributed by atoms with Crippen LogP contribution in [0.3, 0.4) is 0 Å². The van der Waals surface area contributed by atoms with Crippen molar-refractivity contribution in [2.24, 2.45) is 0 Å². The van der Waals surface area contributed by atoms with E-state index >= 15 is 0 Å². The fourth-order valence-electron chi connectivity index (χ4n) is 2.21. The van der Waals surface area contributed by atoms with Gasteiger partial charge in [0, 0.05) is 24.9 Å². The summed E-state index contributed by atoms with van der Waals surface area (Å²) in [5.41, 5.74) is 0.889. The van der Waals surface area contributed by atoms with Crippen molar-refractivity contribution in [1.82, 2.24) is 5.32 Å². The summed E-state index contributed by atoms with van der Waals surface area (Å²) in [6, 6.07) is 17.0. The summed E-state index contributed by atoms with van der Waals surface area (Å²) in [4.78, 5) is 22.3. The number of ether oxygens (including phenoxy) is 1. The number of nitrogens with one attached hydrogen (secondary N) is 1. The molecule has 0 aromatic heterocycles. The molecular weight excluding hydrogens is 306 g/mol. The highest BCUT2D eigenvalue weighted by atomic mass is 16.5. The highest BCUT2D eigenvalue weighted by molar-refractivity contribution is 5.76. The van der Waals surface area contributed by atoms with Gasteiger partial charge in [-0.2, -0.15) is 0 Å². The monoisotopic (exact) mass is 327 g/mol. The van der Waals surface area contributed by atoms with Crippen LogP contribution in [-0.4, -0.2) is 17.0 Å². The van der Waals surface area contributed by atoms with Gasteiger partial charge in [-0.25, -0.2) is 0 Å². The van der Waals surface area contributed by atoms with Crippen molar-refractivity contribution < 1.29 is 19.4 Å². The Morgan fingerprint density at radius 1 is 0.917 bits per heavy atom. The Labute approximate surface area is 141 Å². The van der Waals surface area contributed by atoms with Crippen molar-refractivity contribution >= 4 is 11.9 Å². The highest BCUT2D eigenvalue weighted by Gasteiger charge is 2.07. The second kappa shape index (κ2) is 9.35. The van der Waals surface area contributed by atoms with Crippen LogP contribution in [0.1, 0.15) is 31.2 Å². The molecule has 5 heteroatoms. The van der Waals surface area contributed by atoms with Crippen LogP contribution in [0.5, 0.6) is 11.5 Å². The molecule has 24 heavy (non-hydrogen) atoms. The molecule has 2 rings (SSSR count). The predicted octanol–water partition coefficient (Wildman–Crippen LogP) is 3.74. The lowest BCUT2D eigenvalue weighted by Crippen LogP contribution is -2.22. The van der Waals surface area contributed by atoms with Gasteiger partial charge in [0.25, 0.3) is 0 Å². The van der Waals surface area contributed by atoms with Crippen molar-refractivity contribution in [1.29, 1.82) is 0 Å². The standard InChI is InChI=1S/C19H21NO4/c21-18(12-6-7-13-19(22)23)20-14-15-8-4-5-11-17(15)24-16-9-2-1-3-10-16/h1-5,8-11H,6-7,12-14H2,(H,20,21)(H,22,23). The summed E-state index contributed by atoms with van der Waals surface area (Å²) >= 11 is 0. The molecule has 2 aromatic rings. The van der Waals surface area contributed by atoms with Crippen molar-refractivity contribution in [3.8, 4) is 11.5 Å². The molecule has 0 heterocycles. The van der Waals surface area contributed by atoms with Gasteiger partial charge in [-0.1, -0.05) is 36.4 Å². The van der Waals surface area contributed by atoms with Crippen LogP contribution in [0, 0.1) is 0 Å². The largest absolute Gasteiger partial charge is 0.481 e. The van der Waals surface area contributed by atoms with E-state index in [0.29, 0.717) is 31.6 Å². The molecule has 0 bridgehead atoms. The summed E-state index contributed by atoms with van der Waals surface area (Å²) in [5, 5.41) is 11.4. The van der Waals surface area contributed by atoms with Crippen LogP contribution in [0.2, 0.25) is 0 Å². The SMILES string of the molecule is O=C(O)CCCCC(=O)NCc1ccccc1Oc1ccccc1. The third-order valence-corrected chi connectivity index (χ3v) is 3.46. The zero-order valence-electron chi connectivity index (χ0n) is 13.4. The van der Waals surface area contributed by atoms with Crippen LogP contribution in [0.25, 0.3) is 0 Å². The molecule has 2 N–H and O–H groups in total. The Balaban J connectivity index is 1.84. The van der Waals surface area contributed by atoms with Crippen LogP contribution in [-0.2, 0) is 16.1 Å². The lowest BCUT2D eigenvalue weighted by Gasteiger charge is -2.12. The molecule has 1 amide bonds. The van der Waals surface area contributed by atoms with Gasteiger partial charge in [0.15, 0.2) is 0 Å². The van der Waals surface area contributed by atoms with Crippen LogP contribution < -0.4 is 10.1 Å². The Morgan fingerprint density at radius 3 is 2.33 bits per heavy atom. The van der Waals surface area contributed by atoms with E-state index in [1.54, 1.807) is 0 Å². The maximum absolute atomic E-state index is 11.8. The van der Waals surface area contributed by atoms with Crippen molar-refractivity contribution in [3.63, 3.8) is 0 Å². The zero-order valence-corrected chi connectivity index (χ0v) is 13.4. The van der Waals surface area contributed by atoms with E-state index in [2.05, 4.69) is 5.32 Å². The number of carbonyl (C=O) groups excluding carboxylic acids is 1. The van der Waals surface area contributed by atoms with Gasteiger partial charge in [-0.05, 0) is 31.0 Å². The molecule has 126 valence electrons. The van der Waals surface area contributed by atoms with Crippen molar-refractivity contribution in [3.05, 3.63) is 60.2 Å². The molecule has 0 unspecified atom stereocenters. The first kappa shape index (κ1) is 17.5. The topological polar surface area (TPSA) is 75.6 Å². The maximum Gasteiger partial charge on any atom is 0.303 e. The highest BCUT2D eigenvalue weighted by Crippen LogP contribution is 2.24. The summed E-state index contributed by atoms with van der Waals surface area (Å²) in [6.07, 6.45) is 1.51. The number of hydrogen-bond acceptors (Lipinski definition) is 3. The molecule has 0 atom stereocenters. The van der Waals surface area contributed by atoms with Crippen molar-refractivity contribution in [2.75, 3.05) is 0 Å². The van der Waals surface area contributed by atoms with Gasteiger partial charge in [-0.15, -0.1) is 0 Å². The number of hydrogen-bond donors (Lipinski definition) is 2. The summed E-state index contributed by atoms with van der Waals surface area (Å²) in [5.74, 6) is 0.525. The molecule has 0 aliphatic rings. The molecule has 0 saturated heterocycles. The minimum Gasteiger partial charge on any atom is -0.481 e. The van der Waals surface area contributed by atoms with Gasteiger partial charge in [-0.3, -0.25) is 9.59 Å². The lowest BCUT2D eigenvalue weighted by atomic mass is 10.1. The van der Waals surface area contributed by atoms with Gasteiger partial charge in [0.2, 0.25) is 5.91 Å². The predicted molar refractivity (Wildman–Crippen MR) is 90.9 cm³/mol. The fraction of sp³-hybridized carbons (Fsp3) is 0.263. The van der Waals surface area contributed by atoms with Gasteiger partial charge in [0.1, 0.15) is 11.5 Å². The van der Waals surface area contributed by atoms with Gasteiger partial charge in [0.05, 0.1) is 0 Å². The number of unbranched alkanes of at least 4 members (excludes halogenated alkanes) is 1. The fourth-order valence-corrected chi connectivity index (χ4v) is 2.21. The number of carboxylic acids is 1. The number of carbonyl (C=O) groups is 2. The molecule has 0 saturated carbocycles. The van der Waals surface area contributed by atoms with E-state index in [1.165, 1.54) is 0 Å². The summed E-state index contributed by atoms with van der Waals surface area (Å²) in [7, 11) is 0.